The highest BCUT2D eigenvalue weighted by molar-refractivity contribution is 7.88. The molecule has 2 heterocycles. The van der Waals surface area contributed by atoms with Crippen LogP contribution in [0.3, 0.4) is 0 Å². The highest BCUT2D eigenvalue weighted by atomic mass is 32.2. The average molecular weight is 418 g/mol. The molecule has 0 amide bonds. The van der Waals surface area contributed by atoms with Gasteiger partial charge in [0.25, 0.3) is 0 Å². The SMILES string of the molecule is Cn1c(C2CCCN(S(C)(=O)=O)C2)nn(Cc2cccc(C(F)(F)F)c2)c1=O. The molecule has 1 aromatic heterocycles. The lowest BCUT2D eigenvalue weighted by molar-refractivity contribution is -0.137. The molecular formula is C17H21F3N4O3S. The number of nitrogens with zero attached hydrogens (tertiary/aromatic N) is 4. The van der Waals surface area contributed by atoms with E-state index in [9.17, 15) is 26.4 Å². The van der Waals surface area contributed by atoms with E-state index in [4.69, 9.17) is 0 Å². The van der Waals surface area contributed by atoms with Gasteiger partial charge in [0.15, 0.2) is 0 Å². The minimum absolute atomic E-state index is 0.0981. The average Bonchev–Trinajstić information content (AvgIpc) is 2.89. The van der Waals surface area contributed by atoms with Crippen molar-refractivity contribution in [2.24, 2.45) is 7.05 Å². The van der Waals surface area contributed by atoms with E-state index in [0.29, 0.717) is 30.8 Å². The zero-order chi connectivity index (χ0) is 20.7. The summed E-state index contributed by atoms with van der Waals surface area (Å²) >= 11 is 0. The quantitative estimate of drug-likeness (QED) is 0.759. The van der Waals surface area contributed by atoms with E-state index >= 15 is 0 Å². The van der Waals surface area contributed by atoms with Gasteiger partial charge in [-0.3, -0.25) is 4.57 Å². The molecule has 1 fully saturated rings. The normalized spacial score (nSPS) is 19.1. The first-order chi connectivity index (χ1) is 13.0. The second-order valence-electron chi connectivity index (χ2n) is 7.02. The van der Waals surface area contributed by atoms with Crippen LogP contribution in [0.4, 0.5) is 13.2 Å². The molecular weight excluding hydrogens is 397 g/mol. The summed E-state index contributed by atoms with van der Waals surface area (Å²) in [7, 11) is -1.81. The summed E-state index contributed by atoms with van der Waals surface area (Å²) in [6.07, 6.45) is -2.00. The van der Waals surface area contributed by atoms with Crippen molar-refractivity contribution in [2.45, 2.75) is 31.5 Å². The molecule has 28 heavy (non-hydrogen) atoms. The molecule has 3 rings (SSSR count). The maximum absolute atomic E-state index is 12.9. The lowest BCUT2D eigenvalue weighted by atomic mass is 9.99. The van der Waals surface area contributed by atoms with E-state index in [1.165, 1.54) is 28.1 Å². The Labute approximate surface area is 160 Å². The number of hydrogen-bond donors (Lipinski definition) is 0. The summed E-state index contributed by atoms with van der Waals surface area (Å²) in [5.41, 5.74) is -0.933. The Bertz CT molecular complexity index is 1030. The van der Waals surface area contributed by atoms with Crippen LogP contribution in [0.2, 0.25) is 0 Å². The number of aromatic nitrogens is 3. The van der Waals surface area contributed by atoms with E-state index < -0.39 is 27.5 Å². The van der Waals surface area contributed by atoms with Crippen molar-refractivity contribution in [1.29, 1.82) is 0 Å². The van der Waals surface area contributed by atoms with Crippen LogP contribution in [0.25, 0.3) is 0 Å². The monoisotopic (exact) mass is 418 g/mol. The Morgan fingerprint density at radius 1 is 1.29 bits per heavy atom. The fraction of sp³-hybridized carbons (Fsp3) is 0.529. The van der Waals surface area contributed by atoms with Gasteiger partial charge in [0.2, 0.25) is 10.0 Å². The Balaban J connectivity index is 1.87. The number of piperidine rings is 1. The number of alkyl halides is 3. The van der Waals surface area contributed by atoms with Gasteiger partial charge in [0, 0.05) is 26.1 Å². The predicted molar refractivity (Wildman–Crippen MR) is 96.4 cm³/mol. The van der Waals surface area contributed by atoms with Crippen LogP contribution >= 0.6 is 0 Å². The molecule has 0 bridgehead atoms. The molecule has 0 saturated carbocycles. The van der Waals surface area contributed by atoms with Crippen molar-refractivity contribution in [1.82, 2.24) is 18.7 Å². The Morgan fingerprint density at radius 3 is 2.64 bits per heavy atom. The molecule has 0 radical (unpaired) electrons. The van der Waals surface area contributed by atoms with Gasteiger partial charge in [-0.15, -0.1) is 0 Å². The molecule has 0 spiro atoms. The maximum Gasteiger partial charge on any atom is 0.416 e. The number of rotatable bonds is 4. The topological polar surface area (TPSA) is 77.2 Å². The van der Waals surface area contributed by atoms with Gasteiger partial charge < -0.3 is 0 Å². The largest absolute Gasteiger partial charge is 0.416 e. The minimum Gasteiger partial charge on any atom is -0.282 e. The summed E-state index contributed by atoms with van der Waals surface area (Å²) in [5.74, 6) is 0.189. The molecule has 1 aliphatic rings. The van der Waals surface area contributed by atoms with Crippen LogP contribution in [0.15, 0.2) is 29.1 Å². The summed E-state index contributed by atoms with van der Waals surface area (Å²) in [6, 6.07) is 4.75. The smallest absolute Gasteiger partial charge is 0.282 e. The lowest BCUT2D eigenvalue weighted by Gasteiger charge is -2.30. The second kappa shape index (κ2) is 7.36. The zero-order valence-electron chi connectivity index (χ0n) is 15.5. The number of hydrogen-bond acceptors (Lipinski definition) is 4. The highest BCUT2D eigenvalue weighted by Gasteiger charge is 2.31. The third-order valence-corrected chi connectivity index (χ3v) is 6.15. The van der Waals surface area contributed by atoms with Gasteiger partial charge in [0.1, 0.15) is 5.82 Å². The van der Waals surface area contributed by atoms with Crippen molar-refractivity contribution >= 4 is 10.0 Å². The molecule has 1 unspecified atom stereocenters. The standard InChI is InChI=1S/C17H21F3N4O3S/c1-22-15(13-6-4-8-23(11-13)28(2,26)27)21-24(16(22)25)10-12-5-3-7-14(9-12)17(18,19)20/h3,5,7,9,13H,4,6,8,10-11H2,1-2H3. The summed E-state index contributed by atoms with van der Waals surface area (Å²) in [4.78, 5) is 12.5. The van der Waals surface area contributed by atoms with Crippen molar-refractivity contribution in [3.05, 3.63) is 51.7 Å². The predicted octanol–water partition coefficient (Wildman–Crippen LogP) is 1.79. The zero-order valence-corrected chi connectivity index (χ0v) is 16.3. The fourth-order valence-electron chi connectivity index (χ4n) is 3.44. The van der Waals surface area contributed by atoms with Gasteiger partial charge in [0.05, 0.1) is 18.4 Å². The molecule has 1 aromatic carbocycles. The number of halogens is 3. The molecule has 1 atom stereocenters. The third-order valence-electron chi connectivity index (χ3n) is 4.88. The Kier molecular flexibility index (Phi) is 5.41. The molecule has 1 saturated heterocycles. The molecule has 7 nitrogen and oxygen atoms in total. The van der Waals surface area contributed by atoms with Crippen LogP contribution in [-0.4, -0.2) is 46.4 Å². The first-order valence-electron chi connectivity index (χ1n) is 8.72. The van der Waals surface area contributed by atoms with Gasteiger partial charge in [-0.2, -0.15) is 18.3 Å². The van der Waals surface area contributed by atoms with E-state index in [1.54, 1.807) is 0 Å². The molecule has 11 heteroatoms. The van der Waals surface area contributed by atoms with Crippen molar-refractivity contribution in [3.63, 3.8) is 0 Å². The van der Waals surface area contributed by atoms with Crippen molar-refractivity contribution in [3.8, 4) is 0 Å². The van der Waals surface area contributed by atoms with Crippen molar-refractivity contribution in [2.75, 3.05) is 19.3 Å². The first kappa shape index (κ1) is 20.6. The second-order valence-corrected chi connectivity index (χ2v) is 9.00. The van der Waals surface area contributed by atoms with Gasteiger partial charge in [-0.05, 0) is 30.5 Å². The van der Waals surface area contributed by atoms with Crippen molar-refractivity contribution < 1.29 is 21.6 Å². The first-order valence-corrected chi connectivity index (χ1v) is 10.6. The van der Waals surface area contributed by atoms with E-state index in [0.717, 1.165) is 23.1 Å². The highest BCUT2D eigenvalue weighted by Crippen LogP contribution is 2.30. The molecule has 0 aliphatic carbocycles. The number of sulfonamides is 1. The Morgan fingerprint density at radius 2 is 2.00 bits per heavy atom. The van der Waals surface area contributed by atoms with Gasteiger partial charge in [-0.1, -0.05) is 12.1 Å². The van der Waals surface area contributed by atoms with E-state index in [-0.39, 0.29) is 19.0 Å². The molecule has 1 aliphatic heterocycles. The lowest BCUT2D eigenvalue weighted by Crippen LogP contribution is -2.39. The fourth-order valence-corrected chi connectivity index (χ4v) is 4.35. The summed E-state index contributed by atoms with van der Waals surface area (Å²) < 4.78 is 66.1. The number of benzene rings is 1. The molecule has 154 valence electrons. The van der Waals surface area contributed by atoms with Gasteiger partial charge in [-0.25, -0.2) is 22.2 Å². The molecule has 0 N–H and O–H groups in total. The van der Waals surface area contributed by atoms with E-state index in [1.807, 2.05) is 0 Å². The maximum atomic E-state index is 12.9. The van der Waals surface area contributed by atoms with E-state index in [2.05, 4.69) is 5.10 Å². The summed E-state index contributed by atoms with van der Waals surface area (Å²) in [5, 5.41) is 4.30. The van der Waals surface area contributed by atoms with Crippen LogP contribution in [0, 0.1) is 0 Å². The minimum atomic E-state index is -4.46. The molecule has 2 aromatic rings. The summed E-state index contributed by atoms with van der Waals surface area (Å²) in [6.45, 7) is 0.556. The van der Waals surface area contributed by atoms with Gasteiger partial charge >= 0.3 is 11.9 Å². The van der Waals surface area contributed by atoms with Crippen LogP contribution in [0.5, 0.6) is 0 Å². The van der Waals surface area contributed by atoms with Crippen LogP contribution in [-0.2, 0) is 29.8 Å². The van der Waals surface area contributed by atoms with Crippen LogP contribution < -0.4 is 5.69 Å². The Hall–Kier alpha value is -2.14. The van der Waals surface area contributed by atoms with Crippen LogP contribution in [0.1, 0.15) is 35.7 Å². The third kappa shape index (κ3) is 4.30.